The molecule has 0 fully saturated rings. The third-order valence-corrected chi connectivity index (χ3v) is 4.87. The molecule has 0 N–H and O–H groups in total. The molecule has 3 aromatic carbocycles. The summed E-state index contributed by atoms with van der Waals surface area (Å²) < 4.78 is 11.7. The highest BCUT2D eigenvalue weighted by atomic mass is 35.5. The van der Waals surface area contributed by atoms with Gasteiger partial charge in [-0.1, -0.05) is 54.4 Å². The number of hydrogen-bond acceptors (Lipinski definition) is 3. The van der Waals surface area contributed by atoms with Crippen LogP contribution in [0.25, 0.3) is 0 Å². The molecule has 0 bridgehead atoms. The molecule has 29 heavy (non-hydrogen) atoms. The van der Waals surface area contributed by atoms with Gasteiger partial charge in [0.1, 0.15) is 6.61 Å². The van der Waals surface area contributed by atoms with Crippen LogP contribution < -0.4 is 9.47 Å². The molecule has 0 aliphatic rings. The van der Waals surface area contributed by atoms with E-state index in [0.29, 0.717) is 34.8 Å². The average Bonchev–Trinajstić information content (AvgIpc) is 2.73. The quantitative estimate of drug-likeness (QED) is 0.353. The molecule has 5 heteroatoms. The molecule has 0 aliphatic carbocycles. The van der Waals surface area contributed by atoms with Crippen molar-refractivity contribution in [2.24, 2.45) is 4.99 Å². The van der Waals surface area contributed by atoms with Crippen LogP contribution in [0.3, 0.4) is 0 Å². The van der Waals surface area contributed by atoms with Gasteiger partial charge in [0.05, 0.1) is 17.3 Å². The lowest BCUT2D eigenvalue weighted by Crippen LogP contribution is -2.01. The highest BCUT2D eigenvalue weighted by molar-refractivity contribution is 6.32. The van der Waals surface area contributed by atoms with Gasteiger partial charge in [0.15, 0.2) is 11.5 Å². The van der Waals surface area contributed by atoms with Crippen molar-refractivity contribution in [3.63, 3.8) is 0 Å². The fraction of sp³-hybridized carbons (Fsp3) is 0.208. The Labute approximate surface area is 181 Å². The normalized spacial score (nSPS) is 11.0. The van der Waals surface area contributed by atoms with E-state index in [0.717, 1.165) is 23.2 Å². The summed E-state index contributed by atoms with van der Waals surface area (Å²) in [6.45, 7) is 4.93. The molecule has 3 nitrogen and oxygen atoms in total. The van der Waals surface area contributed by atoms with Crippen LogP contribution in [-0.2, 0) is 13.0 Å². The Bertz CT molecular complexity index is 967. The monoisotopic (exact) mass is 427 g/mol. The lowest BCUT2D eigenvalue weighted by atomic mass is 10.1. The molecule has 0 saturated carbocycles. The first-order valence-corrected chi connectivity index (χ1v) is 10.3. The second kappa shape index (κ2) is 10.3. The third kappa shape index (κ3) is 5.99. The Morgan fingerprint density at radius 1 is 0.862 bits per heavy atom. The van der Waals surface area contributed by atoms with E-state index < -0.39 is 0 Å². The van der Waals surface area contributed by atoms with E-state index in [1.807, 2.05) is 55.5 Å². The number of aliphatic imine (C=N–C) groups is 1. The SMILES string of the molecule is CCOc1cc(C=Nc2ccc(CC)cc2)cc(Cl)c1OCc1ccc(Cl)cc1. The second-order valence-electron chi connectivity index (χ2n) is 6.46. The Kier molecular flexibility index (Phi) is 7.56. The first kappa shape index (κ1) is 21.2. The van der Waals surface area contributed by atoms with Crippen molar-refractivity contribution < 1.29 is 9.47 Å². The van der Waals surface area contributed by atoms with E-state index in [2.05, 4.69) is 24.0 Å². The summed E-state index contributed by atoms with van der Waals surface area (Å²) in [6, 6.07) is 19.4. The number of hydrogen-bond donors (Lipinski definition) is 0. The lowest BCUT2D eigenvalue weighted by Gasteiger charge is -2.14. The van der Waals surface area contributed by atoms with Gasteiger partial charge in [-0.2, -0.15) is 0 Å². The van der Waals surface area contributed by atoms with Crippen molar-refractivity contribution in [3.8, 4) is 11.5 Å². The first-order valence-electron chi connectivity index (χ1n) is 9.55. The molecule has 0 spiro atoms. The van der Waals surface area contributed by atoms with Crippen molar-refractivity contribution in [1.29, 1.82) is 0 Å². The summed E-state index contributed by atoms with van der Waals surface area (Å²) in [5, 5.41) is 1.17. The number of rotatable bonds is 8. The van der Waals surface area contributed by atoms with Crippen LogP contribution in [-0.4, -0.2) is 12.8 Å². The summed E-state index contributed by atoms with van der Waals surface area (Å²) >= 11 is 12.4. The number of aryl methyl sites for hydroxylation is 1. The molecular formula is C24H23Cl2NO2. The second-order valence-corrected chi connectivity index (χ2v) is 7.30. The predicted molar refractivity (Wildman–Crippen MR) is 121 cm³/mol. The fourth-order valence-electron chi connectivity index (χ4n) is 2.77. The molecule has 0 heterocycles. The smallest absolute Gasteiger partial charge is 0.180 e. The lowest BCUT2D eigenvalue weighted by molar-refractivity contribution is 0.269. The molecule has 0 atom stereocenters. The van der Waals surface area contributed by atoms with Crippen molar-refractivity contribution in [1.82, 2.24) is 0 Å². The molecule has 150 valence electrons. The molecule has 0 unspecified atom stereocenters. The summed E-state index contributed by atoms with van der Waals surface area (Å²) in [4.78, 5) is 4.53. The van der Waals surface area contributed by atoms with Gasteiger partial charge >= 0.3 is 0 Å². The van der Waals surface area contributed by atoms with Crippen molar-refractivity contribution in [2.75, 3.05) is 6.61 Å². The maximum Gasteiger partial charge on any atom is 0.180 e. The van der Waals surface area contributed by atoms with Crippen LogP contribution in [0.5, 0.6) is 11.5 Å². The summed E-state index contributed by atoms with van der Waals surface area (Å²) in [5.74, 6) is 1.12. The van der Waals surface area contributed by atoms with Gasteiger partial charge in [-0.15, -0.1) is 0 Å². The molecule has 0 radical (unpaired) electrons. The number of nitrogens with zero attached hydrogens (tertiary/aromatic N) is 1. The average molecular weight is 428 g/mol. The van der Waals surface area contributed by atoms with E-state index in [1.165, 1.54) is 5.56 Å². The Morgan fingerprint density at radius 3 is 2.21 bits per heavy atom. The molecule has 3 aromatic rings. The highest BCUT2D eigenvalue weighted by Gasteiger charge is 2.12. The zero-order valence-corrected chi connectivity index (χ0v) is 18.0. The fourth-order valence-corrected chi connectivity index (χ4v) is 3.17. The Morgan fingerprint density at radius 2 is 1.55 bits per heavy atom. The first-order chi connectivity index (χ1) is 14.1. The van der Waals surface area contributed by atoms with E-state index in [1.54, 1.807) is 6.21 Å². The minimum atomic E-state index is 0.369. The highest BCUT2D eigenvalue weighted by Crippen LogP contribution is 2.37. The zero-order valence-electron chi connectivity index (χ0n) is 16.5. The van der Waals surface area contributed by atoms with Crippen LogP contribution in [0.1, 0.15) is 30.5 Å². The summed E-state index contributed by atoms with van der Waals surface area (Å²) in [7, 11) is 0. The molecule has 3 rings (SSSR count). The third-order valence-electron chi connectivity index (χ3n) is 4.34. The number of ether oxygens (including phenoxy) is 2. The minimum Gasteiger partial charge on any atom is -0.490 e. The van der Waals surface area contributed by atoms with Gasteiger partial charge in [0, 0.05) is 11.2 Å². The van der Waals surface area contributed by atoms with Gasteiger partial charge in [-0.25, -0.2) is 0 Å². The Hall–Kier alpha value is -2.49. The Balaban J connectivity index is 1.79. The van der Waals surface area contributed by atoms with Crippen molar-refractivity contribution >= 4 is 35.1 Å². The van der Waals surface area contributed by atoms with Crippen LogP contribution in [0.4, 0.5) is 5.69 Å². The minimum absolute atomic E-state index is 0.369. The van der Waals surface area contributed by atoms with Crippen molar-refractivity contribution in [2.45, 2.75) is 26.9 Å². The van der Waals surface area contributed by atoms with E-state index in [-0.39, 0.29) is 0 Å². The van der Waals surface area contributed by atoms with Gasteiger partial charge in [0.25, 0.3) is 0 Å². The van der Waals surface area contributed by atoms with E-state index in [4.69, 9.17) is 32.7 Å². The number of benzene rings is 3. The topological polar surface area (TPSA) is 30.8 Å². The summed E-state index contributed by atoms with van der Waals surface area (Å²) in [5.41, 5.74) is 4.01. The largest absolute Gasteiger partial charge is 0.490 e. The van der Waals surface area contributed by atoms with Gasteiger partial charge in [-0.3, -0.25) is 4.99 Å². The van der Waals surface area contributed by atoms with E-state index >= 15 is 0 Å². The molecular weight excluding hydrogens is 405 g/mol. The van der Waals surface area contributed by atoms with Crippen molar-refractivity contribution in [3.05, 3.63) is 87.4 Å². The van der Waals surface area contributed by atoms with Crippen LogP contribution >= 0.6 is 23.2 Å². The van der Waals surface area contributed by atoms with Crippen LogP contribution in [0.15, 0.2) is 65.7 Å². The molecule has 0 aliphatic heterocycles. The van der Waals surface area contributed by atoms with Crippen LogP contribution in [0.2, 0.25) is 10.0 Å². The standard InChI is InChI=1S/C24H23Cl2NO2/c1-3-17-7-11-21(12-8-17)27-15-19-13-22(26)24(23(14-19)28-4-2)29-16-18-5-9-20(25)10-6-18/h5-15H,3-4,16H2,1-2H3. The maximum atomic E-state index is 6.50. The van der Waals surface area contributed by atoms with Gasteiger partial charge in [0.2, 0.25) is 0 Å². The van der Waals surface area contributed by atoms with Gasteiger partial charge in [-0.05, 0) is 66.4 Å². The predicted octanol–water partition coefficient (Wildman–Crippen LogP) is 7.28. The van der Waals surface area contributed by atoms with E-state index in [9.17, 15) is 0 Å². The zero-order chi connectivity index (χ0) is 20.6. The maximum absolute atomic E-state index is 6.50. The van der Waals surface area contributed by atoms with Crippen LogP contribution in [0, 0.1) is 0 Å². The molecule has 0 saturated heterocycles. The summed E-state index contributed by atoms with van der Waals surface area (Å²) in [6.07, 6.45) is 2.78. The molecule has 0 amide bonds. The molecule has 0 aromatic heterocycles. The van der Waals surface area contributed by atoms with Gasteiger partial charge < -0.3 is 9.47 Å². The number of halogens is 2.